The van der Waals surface area contributed by atoms with Crippen molar-refractivity contribution in [1.82, 2.24) is 4.90 Å². The fraction of sp³-hybridized carbons (Fsp3) is 0.467. The Balaban J connectivity index is 2.91. The predicted molar refractivity (Wildman–Crippen MR) is 73.6 cm³/mol. The van der Waals surface area contributed by atoms with E-state index in [9.17, 15) is 0 Å². The highest BCUT2D eigenvalue weighted by Gasteiger charge is 2.06. The van der Waals surface area contributed by atoms with E-state index in [1.54, 1.807) is 7.11 Å². The molecule has 0 radical (unpaired) electrons. The summed E-state index contributed by atoms with van der Waals surface area (Å²) in [6, 6.07) is 5.86. The van der Waals surface area contributed by atoms with E-state index in [1.807, 2.05) is 18.2 Å². The number of aliphatic hydroxyl groups is 1. The van der Waals surface area contributed by atoms with Crippen LogP contribution in [0.25, 0.3) is 0 Å². The zero-order chi connectivity index (χ0) is 13.4. The van der Waals surface area contributed by atoms with Gasteiger partial charge in [0, 0.05) is 17.7 Å². The highest BCUT2D eigenvalue weighted by Crippen LogP contribution is 2.21. The standard InChI is InChI=1S/C15H21NO2/c1-4-9-16(2)12-14-11-13(6-5-10-17)7-8-15(14)18-3/h7-8,11,17H,4,9-10,12H2,1-3H3. The van der Waals surface area contributed by atoms with Crippen LogP contribution >= 0.6 is 0 Å². The molecule has 0 amide bonds. The molecule has 3 nitrogen and oxygen atoms in total. The maximum Gasteiger partial charge on any atom is 0.123 e. The lowest BCUT2D eigenvalue weighted by atomic mass is 10.1. The Morgan fingerprint density at radius 1 is 1.39 bits per heavy atom. The number of nitrogens with zero attached hydrogens (tertiary/aromatic N) is 1. The maximum atomic E-state index is 8.71. The lowest BCUT2D eigenvalue weighted by Gasteiger charge is -2.17. The predicted octanol–water partition coefficient (Wildman–Crippen LogP) is 1.88. The highest BCUT2D eigenvalue weighted by molar-refractivity contribution is 5.44. The topological polar surface area (TPSA) is 32.7 Å². The normalized spacial score (nSPS) is 10.1. The van der Waals surface area contributed by atoms with Gasteiger partial charge in [0.15, 0.2) is 0 Å². The summed E-state index contributed by atoms with van der Waals surface area (Å²) in [6.07, 6.45) is 1.13. The van der Waals surface area contributed by atoms with E-state index in [-0.39, 0.29) is 6.61 Å². The third-order valence-electron chi connectivity index (χ3n) is 2.64. The van der Waals surface area contributed by atoms with Crippen LogP contribution < -0.4 is 4.74 Å². The monoisotopic (exact) mass is 247 g/mol. The second-order valence-corrected chi connectivity index (χ2v) is 4.22. The van der Waals surface area contributed by atoms with Crippen LogP contribution in [0.5, 0.6) is 5.75 Å². The van der Waals surface area contributed by atoms with E-state index in [0.717, 1.165) is 36.4 Å². The van der Waals surface area contributed by atoms with E-state index in [4.69, 9.17) is 9.84 Å². The van der Waals surface area contributed by atoms with Gasteiger partial charge in [-0.3, -0.25) is 0 Å². The van der Waals surface area contributed by atoms with E-state index in [0.29, 0.717) is 0 Å². The Morgan fingerprint density at radius 3 is 2.78 bits per heavy atom. The van der Waals surface area contributed by atoms with E-state index in [2.05, 4.69) is 30.7 Å². The van der Waals surface area contributed by atoms with Gasteiger partial charge in [-0.15, -0.1) is 0 Å². The van der Waals surface area contributed by atoms with Gasteiger partial charge in [-0.25, -0.2) is 0 Å². The molecule has 0 aliphatic carbocycles. The van der Waals surface area contributed by atoms with E-state index in [1.165, 1.54) is 0 Å². The van der Waals surface area contributed by atoms with Gasteiger partial charge < -0.3 is 14.7 Å². The summed E-state index contributed by atoms with van der Waals surface area (Å²) >= 11 is 0. The Bertz CT molecular complexity index is 432. The summed E-state index contributed by atoms with van der Waals surface area (Å²) in [7, 11) is 3.77. The van der Waals surface area contributed by atoms with Gasteiger partial charge in [0.2, 0.25) is 0 Å². The average Bonchev–Trinajstić information content (AvgIpc) is 2.37. The van der Waals surface area contributed by atoms with E-state index < -0.39 is 0 Å². The van der Waals surface area contributed by atoms with Crippen molar-refractivity contribution in [1.29, 1.82) is 0 Å². The third-order valence-corrected chi connectivity index (χ3v) is 2.64. The summed E-state index contributed by atoms with van der Waals surface area (Å²) in [4.78, 5) is 2.25. The molecule has 0 fully saturated rings. The zero-order valence-electron chi connectivity index (χ0n) is 11.4. The summed E-state index contributed by atoms with van der Waals surface area (Å²) in [5.74, 6) is 6.46. The molecule has 0 aromatic heterocycles. The molecule has 0 unspecified atom stereocenters. The Labute approximate surface area is 109 Å². The first kappa shape index (κ1) is 14.6. The maximum absolute atomic E-state index is 8.71. The van der Waals surface area contributed by atoms with Crippen LogP contribution in [0.4, 0.5) is 0 Å². The first-order valence-corrected chi connectivity index (χ1v) is 6.16. The zero-order valence-corrected chi connectivity index (χ0v) is 11.4. The second-order valence-electron chi connectivity index (χ2n) is 4.22. The van der Waals surface area contributed by atoms with Gasteiger partial charge in [0.05, 0.1) is 7.11 Å². The average molecular weight is 247 g/mol. The minimum Gasteiger partial charge on any atom is -0.496 e. The molecule has 0 heterocycles. The van der Waals surface area contributed by atoms with Crippen molar-refractivity contribution in [2.75, 3.05) is 27.3 Å². The van der Waals surface area contributed by atoms with Crippen LogP contribution in [-0.4, -0.2) is 37.3 Å². The number of aliphatic hydroxyl groups excluding tert-OH is 1. The molecule has 0 aliphatic rings. The molecular weight excluding hydrogens is 226 g/mol. The molecule has 3 heteroatoms. The molecule has 0 saturated carbocycles. The Kier molecular flexibility index (Phi) is 6.27. The molecule has 18 heavy (non-hydrogen) atoms. The first-order chi connectivity index (χ1) is 8.71. The summed E-state index contributed by atoms with van der Waals surface area (Å²) in [5.41, 5.74) is 2.03. The van der Waals surface area contributed by atoms with Crippen LogP contribution in [-0.2, 0) is 6.54 Å². The SMILES string of the molecule is CCCN(C)Cc1cc(C#CCO)ccc1OC. The minimum absolute atomic E-state index is 0.114. The summed E-state index contributed by atoms with van der Waals surface area (Å²) in [5, 5.41) is 8.71. The summed E-state index contributed by atoms with van der Waals surface area (Å²) < 4.78 is 5.36. The van der Waals surface area contributed by atoms with Crippen LogP contribution in [0.15, 0.2) is 18.2 Å². The van der Waals surface area contributed by atoms with Gasteiger partial charge in [-0.1, -0.05) is 18.8 Å². The van der Waals surface area contributed by atoms with Crippen molar-refractivity contribution in [3.8, 4) is 17.6 Å². The molecule has 0 saturated heterocycles. The minimum atomic E-state index is -0.114. The number of benzene rings is 1. The van der Waals surface area contributed by atoms with Gasteiger partial charge in [-0.2, -0.15) is 0 Å². The van der Waals surface area contributed by atoms with Crippen LogP contribution in [0, 0.1) is 11.8 Å². The molecule has 1 aromatic rings. The lowest BCUT2D eigenvalue weighted by molar-refractivity contribution is 0.318. The van der Waals surface area contributed by atoms with Crippen molar-refractivity contribution < 1.29 is 9.84 Å². The molecule has 98 valence electrons. The quantitative estimate of drug-likeness (QED) is 0.806. The van der Waals surface area contributed by atoms with Gasteiger partial charge >= 0.3 is 0 Å². The number of hydrogen-bond donors (Lipinski definition) is 1. The highest BCUT2D eigenvalue weighted by atomic mass is 16.5. The molecular formula is C15H21NO2. The number of hydrogen-bond acceptors (Lipinski definition) is 3. The molecule has 0 bridgehead atoms. The summed E-state index contributed by atoms with van der Waals surface area (Å²) in [6.45, 7) is 3.94. The number of ether oxygens (including phenoxy) is 1. The van der Waals surface area contributed by atoms with Crippen LogP contribution in [0.2, 0.25) is 0 Å². The molecule has 0 atom stereocenters. The fourth-order valence-electron chi connectivity index (χ4n) is 1.87. The van der Waals surface area contributed by atoms with Crippen molar-refractivity contribution in [3.05, 3.63) is 29.3 Å². The number of rotatable bonds is 5. The Hall–Kier alpha value is -1.50. The molecule has 1 rings (SSSR count). The van der Waals surface area contributed by atoms with Gasteiger partial charge in [0.1, 0.15) is 12.4 Å². The van der Waals surface area contributed by atoms with Gasteiger partial charge in [0.25, 0.3) is 0 Å². The molecule has 1 N–H and O–H groups in total. The third kappa shape index (κ3) is 4.40. The van der Waals surface area contributed by atoms with Crippen LogP contribution in [0.3, 0.4) is 0 Å². The van der Waals surface area contributed by atoms with E-state index >= 15 is 0 Å². The Morgan fingerprint density at radius 2 is 2.17 bits per heavy atom. The first-order valence-electron chi connectivity index (χ1n) is 6.16. The largest absolute Gasteiger partial charge is 0.496 e. The fourth-order valence-corrected chi connectivity index (χ4v) is 1.87. The van der Waals surface area contributed by atoms with Crippen molar-refractivity contribution in [2.24, 2.45) is 0 Å². The number of methoxy groups -OCH3 is 1. The molecule has 0 spiro atoms. The molecule has 0 aliphatic heterocycles. The van der Waals surface area contributed by atoms with Crippen molar-refractivity contribution in [2.45, 2.75) is 19.9 Å². The van der Waals surface area contributed by atoms with Gasteiger partial charge in [-0.05, 0) is 38.2 Å². The van der Waals surface area contributed by atoms with Crippen molar-refractivity contribution in [3.63, 3.8) is 0 Å². The second kappa shape index (κ2) is 7.75. The van der Waals surface area contributed by atoms with Crippen LogP contribution in [0.1, 0.15) is 24.5 Å². The molecule has 1 aromatic carbocycles. The van der Waals surface area contributed by atoms with Crippen molar-refractivity contribution >= 4 is 0 Å². The lowest BCUT2D eigenvalue weighted by Crippen LogP contribution is -2.18. The smallest absolute Gasteiger partial charge is 0.123 e.